The number of aliphatic hydroxyl groups is 1. The van der Waals surface area contributed by atoms with Gasteiger partial charge in [-0.3, -0.25) is 9.69 Å². The van der Waals surface area contributed by atoms with Gasteiger partial charge in [-0.25, -0.2) is 0 Å². The largest absolute Gasteiger partial charge is 0.396 e. The normalized spacial score (nSPS) is 20.8. The second kappa shape index (κ2) is 7.74. The number of likely N-dealkylation sites (tertiary alicyclic amines) is 1. The van der Waals surface area contributed by atoms with Gasteiger partial charge in [0.1, 0.15) is 0 Å². The van der Waals surface area contributed by atoms with E-state index >= 15 is 0 Å². The average Bonchev–Trinajstić information content (AvgIpc) is 2.34. The van der Waals surface area contributed by atoms with Gasteiger partial charge < -0.3 is 10.0 Å². The van der Waals surface area contributed by atoms with E-state index in [2.05, 4.69) is 25.7 Å². The van der Waals surface area contributed by atoms with Crippen molar-refractivity contribution in [2.75, 3.05) is 26.2 Å². The van der Waals surface area contributed by atoms with Crippen LogP contribution in [0.2, 0.25) is 0 Å². The summed E-state index contributed by atoms with van der Waals surface area (Å²) < 4.78 is 0. The molecule has 18 heavy (non-hydrogen) atoms. The van der Waals surface area contributed by atoms with Gasteiger partial charge in [0.15, 0.2) is 0 Å². The van der Waals surface area contributed by atoms with Crippen LogP contribution in [0.1, 0.15) is 46.5 Å². The first-order valence-corrected chi connectivity index (χ1v) is 7.20. The van der Waals surface area contributed by atoms with Crippen molar-refractivity contribution in [3.8, 4) is 0 Å². The zero-order valence-corrected chi connectivity index (χ0v) is 12.1. The summed E-state index contributed by atoms with van der Waals surface area (Å²) >= 11 is 0. The molecule has 1 aliphatic rings. The maximum absolute atomic E-state index is 12.3. The van der Waals surface area contributed by atoms with E-state index in [1.807, 2.05) is 4.90 Å². The van der Waals surface area contributed by atoms with Gasteiger partial charge in [-0.05, 0) is 46.5 Å². The zero-order valence-electron chi connectivity index (χ0n) is 12.1. The quantitative estimate of drug-likeness (QED) is 0.783. The number of aliphatic hydroxyl groups excluding tert-OH is 1. The van der Waals surface area contributed by atoms with Gasteiger partial charge in [-0.15, -0.1) is 0 Å². The number of rotatable bonds is 6. The standard InChI is InChI=1S/C14H28N2O2/c1-12(2)15(8-6-10-17)11-14(18)16-9-5-4-7-13(16)3/h12-13,17H,4-11H2,1-3H3. The Morgan fingerprint density at radius 2 is 2.17 bits per heavy atom. The minimum Gasteiger partial charge on any atom is -0.396 e. The third-order valence-electron chi connectivity index (χ3n) is 3.80. The third kappa shape index (κ3) is 4.58. The number of carbonyl (C=O) groups is 1. The molecule has 0 aromatic carbocycles. The van der Waals surface area contributed by atoms with E-state index in [1.54, 1.807) is 0 Å². The molecular weight excluding hydrogens is 228 g/mol. The monoisotopic (exact) mass is 256 g/mol. The van der Waals surface area contributed by atoms with Crippen LogP contribution in [0.4, 0.5) is 0 Å². The molecule has 4 heteroatoms. The topological polar surface area (TPSA) is 43.8 Å². The number of hydrogen-bond acceptors (Lipinski definition) is 3. The van der Waals surface area contributed by atoms with Crippen LogP contribution in [0, 0.1) is 0 Å². The fourth-order valence-electron chi connectivity index (χ4n) is 2.53. The van der Waals surface area contributed by atoms with Gasteiger partial charge in [0.25, 0.3) is 0 Å². The van der Waals surface area contributed by atoms with Gasteiger partial charge in [0.05, 0.1) is 6.54 Å². The molecule has 0 aliphatic carbocycles. The Hall–Kier alpha value is -0.610. The Balaban J connectivity index is 2.48. The molecule has 1 atom stereocenters. The van der Waals surface area contributed by atoms with Crippen LogP contribution in [0.3, 0.4) is 0 Å². The van der Waals surface area contributed by atoms with E-state index in [0.717, 1.165) is 32.4 Å². The lowest BCUT2D eigenvalue weighted by molar-refractivity contribution is -0.136. The van der Waals surface area contributed by atoms with Gasteiger partial charge in [0.2, 0.25) is 5.91 Å². The summed E-state index contributed by atoms with van der Waals surface area (Å²) in [4.78, 5) is 16.5. The van der Waals surface area contributed by atoms with E-state index in [9.17, 15) is 4.79 Å². The molecule has 0 saturated carbocycles. The first-order valence-electron chi connectivity index (χ1n) is 7.20. The SMILES string of the molecule is CC(C)N(CCCO)CC(=O)N1CCCCC1C. The first-order chi connectivity index (χ1) is 8.56. The lowest BCUT2D eigenvalue weighted by atomic mass is 10.0. The van der Waals surface area contributed by atoms with Crippen molar-refractivity contribution in [3.05, 3.63) is 0 Å². The van der Waals surface area contributed by atoms with Crippen LogP contribution in [0.15, 0.2) is 0 Å². The van der Waals surface area contributed by atoms with E-state index in [1.165, 1.54) is 6.42 Å². The van der Waals surface area contributed by atoms with Crippen molar-refractivity contribution in [3.63, 3.8) is 0 Å². The summed E-state index contributed by atoms with van der Waals surface area (Å²) in [6.45, 7) is 8.73. The average molecular weight is 256 g/mol. The molecule has 1 aliphatic heterocycles. The molecule has 1 unspecified atom stereocenters. The summed E-state index contributed by atoms with van der Waals surface area (Å²) in [5, 5.41) is 8.90. The molecular formula is C14H28N2O2. The number of carbonyl (C=O) groups excluding carboxylic acids is 1. The summed E-state index contributed by atoms with van der Waals surface area (Å²) in [5.41, 5.74) is 0. The van der Waals surface area contributed by atoms with Gasteiger partial charge in [0, 0.05) is 31.8 Å². The highest BCUT2D eigenvalue weighted by atomic mass is 16.3. The molecule has 0 aromatic rings. The van der Waals surface area contributed by atoms with Crippen molar-refractivity contribution in [2.24, 2.45) is 0 Å². The van der Waals surface area contributed by atoms with Gasteiger partial charge in [-0.2, -0.15) is 0 Å². The molecule has 1 fully saturated rings. The Bertz CT molecular complexity index is 256. The lowest BCUT2D eigenvalue weighted by Gasteiger charge is -2.36. The Morgan fingerprint density at radius 1 is 1.44 bits per heavy atom. The number of hydrogen-bond donors (Lipinski definition) is 1. The molecule has 106 valence electrons. The predicted octanol–water partition coefficient (Wildman–Crippen LogP) is 1.48. The highest BCUT2D eigenvalue weighted by Gasteiger charge is 2.25. The van der Waals surface area contributed by atoms with Crippen LogP contribution in [0.25, 0.3) is 0 Å². The van der Waals surface area contributed by atoms with Crippen molar-refractivity contribution < 1.29 is 9.90 Å². The smallest absolute Gasteiger partial charge is 0.236 e. The van der Waals surface area contributed by atoms with E-state index < -0.39 is 0 Å². The minimum absolute atomic E-state index is 0.192. The second-order valence-corrected chi connectivity index (χ2v) is 5.57. The fraction of sp³-hybridized carbons (Fsp3) is 0.929. The molecule has 1 N–H and O–H groups in total. The molecule has 1 amide bonds. The van der Waals surface area contributed by atoms with Gasteiger partial charge >= 0.3 is 0 Å². The van der Waals surface area contributed by atoms with Crippen LogP contribution in [-0.2, 0) is 4.79 Å². The molecule has 4 nitrogen and oxygen atoms in total. The molecule has 0 radical (unpaired) electrons. The second-order valence-electron chi connectivity index (χ2n) is 5.57. The Kier molecular flexibility index (Phi) is 6.65. The molecule has 1 saturated heterocycles. The first kappa shape index (κ1) is 15.4. The molecule has 0 aromatic heterocycles. The summed E-state index contributed by atoms with van der Waals surface area (Å²) in [6.07, 6.45) is 4.24. The van der Waals surface area contributed by atoms with Crippen LogP contribution < -0.4 is 0 Å². The summed E-state index contributed by atoms with van der Waals surface area (Å²) in [7, 11) is 0. The predicted molar refractivity (Wildman–Crippen MR) is 73.4 cm³/mol. The zero-order chi connectivity index (χ0) is 13.5. The number of piperidine rings is 1. The van der Waals surface area contributed by atoms with Crippen LogP contribution in [0.5, 0.6) is 0 Å². The third-order valence-corrected chi connectivity index (χ3v) is 3.80. The van der Waals surface area contributed by atoms with Crippen molar-refractivity contribution in [1.29, 1.82) is 0 Å². The Morgan fingerprint density at radius 3 is 2.72 bits per heavy atom. The highest BCUT2D eigenvalue weighted by molar-refractivity contribution is 5.78. The number of amides is 1. The molecule has 1 heterocycles. The van der Waals surface area contributed by atoms with Crippen molar-refractivity contribution >= 4 is 5.91 Å². The van der Waals surface area contributed by atoms with Crippen LogP contribution >= 0.6 is 0 Å². The molecule has 0 bridgehead atoms. The van der Waals surface area contributed by atoms with Crippen LogP contribution in [-0.4, -0.2) is 59.1 Å². The molecule has 0 spiro atoms. The van der Waals surface area contributed by atoms with E-state index in [-0.39, 0.29) is 12.5 Å². The minimum atomic E-state index is 0.192. The number of nitrogens with zero attached hydrogens (tertiary/aromatic N) is 2. The fourth-order valence-corrected chi connectivity index (χ4v) is 2.53. The van der Waals surface area contributed by atoms with E-state index in [0.29, 0.717) is 18.6 Å². The van der Waals surface area contributed by atoms with E-state index in [4.69, 9.17) is 5.11 Å². The van der Waals surface area contributed by atoms with Crippen molar-refractivity contribution in [2.45, 2.75) is 58.5 Å². The maximum atomic E-state index is 12.3. The van der Waals surface area contributed by atoms with Gasteiger partial charge in [-0.1, -0.05) is 0 Å². The lowest BCUT2D eigenvalue weighted by Crippen LogP contribution is -2.48. The Labute approximate surface area is 111 Å². The highest BCUT2D eigenvalue weighted by Crippen LogP contribution is 2.17. The molecule has 1 rings (SSSR count). The van der Waals surface area contributed by atoms with Crippen molar-refractivity contribution in [1.82, 2.24) is 9.80 Å². The maximum Gasteiger partial charge on any atom is 0.236 e. The summed E-state index contributed by atoms with van der Waals surface area (Å²) in [5.74, 6) is 0.244. The summed E-state index contributed by atoms with van der Waals surface area (Å²) in [6, 6.07) is 0.735.